The fourth-order valence-corrected chi connectivity index (χ4v) is 1.47. The van der Waals surface area contributed by atoms with Crippen LogP contribution in [-0.4, -0.2) is 34.5 Å². The van der Waals surface area contributed by atoms with Crippen molar-refractivity contribution in [2.45, 2.75) is 19.9 Å². The minimum Gasteiger partial charge on any atom is -1.00 e. The first-order valence-electron chi connectivity index (χ1n) is 4.64. The zero-order chi connectivity index (χ0) is 9.68. The van der Waals surface area contributed by atoms with Gasteiger partial charge in [0, 0.05) is 18.2 Å². The van der Waals surface area contributed by atoms with Crippen LogP contribution in [0.25, 0.3) is 5.53 Å². The molecule has 0 aromatic heterocycles. The molecule has 0 heterocycles. The summed E-state index contributed by atoms with van der Waals surface area (Å²) in [7, 11) is 0. The molecule has 0 fully saturated rings. The predicted molar refractivity (Wildman–Crippen MR) is 53.6 cm³/mol. The van der Waals surface area contributed by atoms with Crippen molar-refractivity contribution < 1.29 is 36.7 Å². The summed E-state index contributed by atoms with van der Waals surface area (Å²) in [5.41, 5.74) is 9.12. The van der Waals surface area contributed by atoms with Crippen LogP contribution >= 0.6 is 0 Å². The molecule has 1 aliphatic rings. The molecule has 0 unspecified atom stereocenters. The summed E-state index contributed by atoms with van der Waals surface area (Å²) in [5, 5.41) is 0. The number of hydrogen-bond donors (Lipinski definition) is 0. The van der Waals surface area contributed by atoms with E-state index in [9.17, 15) is 0 Å². The second-order valence-corrected chi connectivity index (χ2v) is 2.95. The Balaban J connectivity index is 0. The molecular formula is C10H15ClN3Zn+. The maximum Gasteiger partial charge on any atom is 2.00 e. The molecule has 1 rings (SSSR count). The molecule has 0 atom stereocenters. The van der Waals surface area contributed by atoms with E-state index in [0.717, 1.165) is 13.1 Å². The molecule has 0 aromatic carbocycles. The largest absolute Gasteiger partial charge is 2.00 e. The number of rotatable bonds is 3. The van der Waals surface area contributed by atoms with Crippen molar-refractivity contribution in [3.8, 4) is 0 Å². The molecule has 5 heteroatoms. The van der Waals surface area contributed by atoms with Gasteiger partial charge >= 0.3 is 25.2 Å². The van der Waals surface area contributed by atoms with E-state index in [1.807, 2.05) is 24.3 Å². The van der Waals surface area contributed by atoms with E-state index in [1.54, 1.807) is 0 Å². The number of likely N-dealkylation sites (N-methyl/N-ethyl adjacent to an activating group) is 1. The Labute approximate surface area is 110 Å². The van der Waals surface area contributed by atoms with Crippen LogP contribution in [0.5, 0.6) is 0 Å². The van der Waals surface area contributed by atoms with E-state index >= 15 is 0 Å². The van der Waals surface area contributed by atoms with Crippen LogP contribution in [0.3, 0.4) is 0 Å². The topological polar surface area (TPSA) is 39.6 Å². The van der Waals surface area contributed by atoms with Crippen molar-refractivity contribution in [3.05, 3.63) is 29.8 Å². The van der Waals surface area contributed by atoms with E-state index in [0.29, 0.717) is 11.8 Å². The number of hydrogen-bond acceptors (Lipinski definition) is 1. The average molecular weight is 278 g/mol. The molecule has 0 bridgehead atoms. The van der Waals surface area contributed by atoms with E-state index < -0.39 is 0 Å². The molecule has 0 N–H and O–H groups in total. The van der Waals surface area contributed by atoms with E-state index in [2.05, 4.69) is 23.5 Å². The zero-order valence-corrected chi connectivity index (χ0v) is 13.0. The van der Waals surface area contributed by atoms with Crippen LogP contribution in [0.2, 0.25) is 0 Å². The van der Waals surface area contributed by atoms with Gasteiger partial charge in [0.25, 0.3) is 0 Å². The summed E-state index contributed by atoms with van der Waals surface area (Å²) in [6.07, 6.45) is 7.76. The third-order valence-electron chi connectivity index (χ3n) is 2.28. The Morgan fingerprint density at radius 1 is 1.27 bits per heavy atom. The molecule has 0 spiro atoms. The molecule has 15 heavy (non-hydrogen) atoms. The van der Waals surface area contributed by atoms with Crippen LogP contribution < -0.4 is 12.4 Å². The van der Waals surface area contributed by atoms with Crippen molar-refractivity contribution in [3.63, 3.8) is 0 Å². The normalized spacial score (nSPS) is 18.1. The molecule has 0 aliphatic heterocycles. The molecule has 0 radical (unpaired) electrons. The fraction of sp³-hybridized carbons (Fsp3) is 0.500. The van der Waals surface area contributed by atoms with Crippen molar-refractivity contribution in [1.29, 1.82) is 0 Å². The fourth-order valence-electron chi connectivity index (χ4n) is 1.47. The van der Waals surface area contributed by atoms with Gasteiger partial charge in [-0.05, 0) is 13.1 Å². The minimum absolute atomic E-state index is 0. The quantitative estimate of drug-likeness (QED) is 0.352. The Morgan fingerprint density at radius 3 is 2.07 bits per heavy atom. The standard InChI is InChI=1S/C10H15N3.ClH.Zn/c1-3-13(4-2)10-7-5-9(12-11)6-8-10;;/h5-8,10H,3-4H2,1-2H3;1H;/q;;+2/p-1. The summed E-state index contributed by atoms with van der Waals surface area (Å²) in [4.78, 5) is 5.44. The molecule has 0 aromatic rings. The maximum absolute atomic E-state index is 8.50. The van der Waals surface area contributed by atoms with Gasteiger partial charge in [0.15, 0.2) is 0 Å². The van der Waals surface area contributed by atoms with Crippen LogP contribution in [0.15, 0.2) is 24.3 Å². The summed E-state index contributed by atoms with van der Waals surface area (Å²) >= 11 is 0. The van der Waals surface area contributed by atoms with Gasteiger partial charge in [-0.2, -0.15) is 4.79 Å². The average Bonchev–Trinajstić information content (AvgIpc) is 2.21. The van der Waals surface area contributed by atoms with E-state index in [-0.39, 0.29) is 31.9 Å². The molecule has 78 valence electrons. The van der Waals surface area contributed by atoms with Crippen LogP contribution in [0.4, 0.5) is 0 Å². The number of allylic oxidation sites excluding steroid dienone is 2. The van der Waals surface area contributed by atoms with Crippen molar-refractivity contribution in [2.24, 2.45) is 0 Å². The van der Waals surface area contributed by atoms with Crippen molar-refractivity contribution in [1.82, 2.24) is 4.90 Å². The third kappa shape index (κ3) is 4.86. The predicted octanol–water partition coefficient (Wildman–Crippen LogP) is -1.50. The zero-order valence-electron chi connectivity index (χ0n) is 9.23. The minimum atomic E-state index is 0. The number of halogens is 1. The summed E-state index contributed by atoms with van der Waals surface area (Å²) < 4.78 is 0. The van der Waals surface area contributed by atoms with E-state index in [4.69, 9.17) is 5.53 Å². The molecule has 0 saturated carbocycles. The first kappa shape index (κ1) is 17.1. The molecule has 1 aliphatic carbocycles. The molecular weight excluding hydrogens is 263 g/mol. The Morgan fingerprint density at radius 2 is 1.73 bits per heavy atom. The maximum atomic E-state index is 8.50. The van der Waals surface area contributed by atoms with Gasteiger partial charge in [0.05, 0.1) is 0 Å². The number of nitrogens with zero attached hydrogens (tertiary/aromatic N) is 3. The van der Waals surface area contributed by atoms with Crippen molar-refractivity contribution >= 4 is 5.71 Å². The van der Waals surface area contributed by atoms with Crippen LogP contribution in [0.1, 0.15) is 13.8 Å². The Kier molecular flexibility index (Phi) is 10.3. The van der Waals surface area contributed by atoms with Crippen LogP contribution in [-0.2, 0) is 19.5 Å². The van der Waals surface area contributed by atoms with Gasteiger partial charge in [-0.25, -0.2) is 0 Å². The van der Waals surface area contributed by atoms with Crippen LogP contribution in [0, 0.1) is 0 Å². The third-order valence-corrected chi connectivity index (χ3v) is 2.28. The van der Waals surface area contributed by atoms with Gasteiger partial charge in [0.1, 0.15) is 0 Å². The van der Waals surface area contributed by atoms with Gasteiger partial charge in [-0.3, -0.25) is 4.90 Å². The second kappa shape index (κ2) is 9.00. The Bertz CT molecular complexity index is 262. The van der Waals surface area contributed by atoms with Gasteiger partial charge in [-0.1, -0.05) is 26.0 Å². The molecule has 0 saturated heterocycles. The SMILES string of the molecule is CCN(CC)C1C=CC(=[N+]=[N-])C=C1.[Cl-].[Zn+2]. The van der Waals surface area contributed by atoms with E-state index in [1.165, 1.54) is 0 Å². The molecule has 0 amide bonds. The summed E-state index contributed by atoms with van der Waals surface area (Å²) in [6.45, 7) is 6.34. The summed E-state index contributed by atoms with van der Waals surface area (Å²) in [5.74, 6) is 0. The van der Waals surface area contributed by atoms with Gasteiger partial charge < -0.3 is 17.9 Å². The first-order valence-corrected chi connectivity index (χ1v) is 4.64. The van der Waals surface area contributed by atoms with Crippen molar-refractivity contribution in [2.75, 3.05) is 13.1 Å². The molecule has 3 nitrogen and oxygen atoms in total. The van der Waals surface area contributed by atoms with Gasteiger partial charge in [-0.15, -0.1) is 0 Å². The van der Waals surface area contributed by atoms with Gasteiger partial charge in [0.2, 0.25) is 0 Å². The second-order valence-electron chi connectivity index (χ2n) is 2.95. The first-order chi connectivity index (χ1) is 6.31. The summed E-state index contributed by atoms with van der Waals surface area (Å²) in [6, 6.07) is 0.348. The smallest absolute Gasteiger partial charge is 1.00 e. The Hall–Kier alpha value is -0.267. The monoisotopic (exact) mass is 276 g/mol.